The van der Waals surface area contributed by atoms with Crippen LogP contribution in [0, 0.1) is 12.8 Å². The standard InChI is InChI=1S/C24H21Br2N7O2/c1-11-5-16-13(8-14(11)25)21-22(27)28-10-29-23(21)32(16)9-20(34)33-15-6-12(15)7-17(33)24(35)31-19-4-2-3-18(26)30-19/h2-5,8,10,12,15,17H,6-7,9H2,1H3,(H2,27,28,29)(H,30,31,35)/t12-,15-,17+/m1/s1. The average Bonchev–Trinajstić information content (AvgIpc) is 3.37. The number of likely N-dealkylation sites (tertiary alicyclic amines) is 1. The molecule has 3 atom stereocenters. The van der Waals surface area contributed by atoms with E-state index >= 15 is 0 Å². The van der Waals surface area contributed by atoms with Crippen LogP contribution in [0.1, 0.15) is 18.4 Å². The molecule has 3 N–H and O–H groups in total. The number of carbonyl (C=O) groups is 2. The number of halogens is 2. The highest BCUT2D eigenvalue weighted by Crippen LogP contribution is 2.48. The summed E-state index contributed by atoms with van der Waals surface area (Å²) in [7, 11) is 0. The molecule has 0 spiro atoms. The molecule has 1 aromatic carbocycles. The lowest BCUT2D eigenvalue weighted by molar-refractivity contribution is -0.138. The second-order valence-electron chi connectivity index (χ2n) is 9.11. The molecule has 178 valence electrons. The number of aryl methyl sites for hydroxylation is 1. The number of nitrogen functional groups attached to an aromatic ring is 1. The van der Waals surface area contributed by atoms with Crippen molar-refractivity contribution < 1.29 is 9.59 Å². The molecular weight excluding hydrogens is 578 g/mol. The van der Waals surface area contributed by atoms with Crippen LogP contribution in [0.2, 0.25) is 0 Å². The summed E-state index contributed by atoms with van der Waals surface area (Å²) in [5.74, 6) is 0.843. The molecule has 0 bridgehead atoms. The van der Waals surface area contributed by atoms with E-state index in [0.29, 0.717) is 34.2 Å². The first-order chi connectivity index (χ1) is 16.8. The maximum Gasteiger partial charge on any atom is 0.248 e. The number of aromatic nitrogens is 4. The number of carbonyl (C=O) groups excluding carboxylic acids is 2. The zero-order valence-electron chi connectivity index (χ0n) is 18.7. The van der Waals surface area contributed by atoms with Crippen LogP contribution in [-0.4, -0.2) is 48.3 Å². The van der Waals surface area contributed by atoms with E-state index in [1.54, 1.807) is 23.1 Å². The molecule has 0 radical (unpaired) electrons. The molecule has 2 aliphatic rings. The van der Waals surface area contributed by atoms with Gasteiger partial charge in [0, 0.05) is 15.9 Å². The van der Waals surface area contributed by atoms with Crippen LogP contribution in [0.5, 0.6) is 0 Å². The molecule has 2 amide bonds. The first-order valence-electron chi connectivity index (χ1n) is 11.2. The molecule has 1 saturated carbocycles. The summed E-state index contributed by atoms with van der Waals surface area (Å²) in [5.41, 5.74) is 8.70. The minimum atomic E-state index is -0.532. The summed E-state index contributed by atoms with van der Waals surface area (Å²) < 4.78 is 3.45. The monoisotopic (exact) mass is 597 g/mol. The molecule has 1 aliphatic heterocycles. The molecule has 2 fully saturated rings. The second kappa shape index (κ2) is 8.27. The van der Waals surface area contributed by atoms with Crippen molar-refractivity contribution in [3.63, 3.8) is 0 Å². The van der Waals surface area contributed by atoms with Crippen molar-refractivity contribution in [2.24, 2.45) is 5.92 Å². The molecule has 1 saturated heterocycles. The number of amides is 2. The van der Waals surface area contributed by atoms with Crippen molar-refractivity contribution in [3.05, 3.63) is 51.3 Å². The molecular formula is C24H21Br2N7O2. The van der Waals surface area contributed by atoms with Gasteiger partial charge in [0.05, 0.1) is 10.9 Å². The number of nitrogens with zero attached hydrogens (tertiary/aromatic N) is 5. The van der Waals surface area contributed by atoms with Crippen molar-refractivity contribution in [1.82, 2.24) is 24.4 Å². The molecule has 11 heteroatoms. The Bertz CT molecular complexity index is 1540. The van der Waals surface area contributed by atoms with Gasteiger partial charge in [-0.2, -0.15) is 0 Å². The summed E-state index contributed by atoms with van der Waals surface area (Å²) in [6, 6.07) is 8.89. The Labute approximate surface area is 217 Å². The Hall–Kier alpha value is -3.05. The number of benzene rings is 1. The van der Waals surface area contributed by atoms with Gasteiger partial charge in [-0.3, -0.25) is 9.59 Å². The Morgan fingerprint density at radius 2 is 2.03 bits per heavy atom. The van der Waals surface area contributed by atoms with Gasteiger partial charge in [-0.05, 0) is 71.4 Å². The number of nitrogens with one attached hydrogen (secondary N) is 1. The van der Waals surface area contributed by atoms with Gasteiger partial charge in [0.25, 0.3) is 0 Å². The first-order valence-corrected chi connectivity index (χ1v) is 12.8. The van der Waals surface area contributed by atoms with Gasteiger partial charge in [-0.15, -0.1) is 0 Å². The summed E-state index contributed by atoms with van der Waals surface area (Å²) in [6.07, 6.45) is 3.00. The molecule has 3 aromatic heterocycles. The van der Waals surface area contributed by atoms with E-state index in [1.807, 2.05) is 23.6 Å². The lowest BCUT2D eigenvalue weighted by atomic mass is 10.1. The molecule has 6 rings (SSSR count). The van der Waals surface area contributed by atoms with Gasteiger partial charge < -0.3 is 20.5 Å². The number of fused-ring (bicyclic) bond motifs is 4. The Morgan fingerprint density at radius 3 is 2.83 bits per heavy atom. The van der Waals surface area contributed by atoms with Crippen molar-refractivity contribution in [1.29, 1.82) is 0 Å². The number of piperidine rings is 1. The van der Waals surface area contributed by atoms with Crippen LogP contribution in [0.15, 0.2) is 45.7 Å². The topological polar surface area (TPSA) is 119 Å². The molecule has 4 heterocycles. The fourth-order valence-corrected chi connectivity index (χ4v) is 5.86. The van der Waals surface area contributed by atoms with E-state index in [4.69, 9.17) is 5.73 Å². The zero-order valence-corrected chi connectivity index (χ0v) is 21.9. The molecule has 1 aliphatic carbocycles. The fraction of sp³-hybridized carbons (Fsp3) is 0.292. The Balaban J connectivity index is 1.34. The quantitative estimate of drug-likeness (QED) is 0.342. The third kappa shape index (κ3) is 3.77. The predicted octanol–water partition coefficient (Wildman–Crippen LogP) is 4.02. The lowest BCUT2D eigenvalue weighted by Crippen LogP contribution is -2.46. The van der Waals surface area contributed by atoms with Crippen LogP contribution in [0.4, 0.5) is 11.6 Å². The Morgan fingerprint density at radius 1 is 1.20 bits per heavy atom. The van der Waals surface area contributed by atoms with E-state index in [2.05, 4.69) is 52.1 Å². The molecule has 9 nitrogen and oxygen atoms in total. The minimum absolute atomic E-state index is 0.0552. The van der Waals surface area contributed by atoms with Crippen molar-refractivity contribution in [2.75, 3.05) is 11.1 Å². The van der Waals surface area contributed by atoms with Crippen molar-refractivity contribution >= 4 is 77.2 Å². The summed E-state index contributed by atoms with van der Waals surface area (Å²) in [6.45, 7) is 2.05. The number of hydrogen-bond donors (Lipinski definition) is 2. The third-order valence-electron chi connectivity index (χ3n) is 6.90. The number of anilines is 2. The predicted molar refractivity (Wildman–Crippen MR) is 140 cm³/mol. The van der Waals surface area contributed by atoms with Crippen LogP contribution in [0.3, 0.4) is 0 Å². The van der Waals surface area contributed by atoms with Crippen LogP contribution < -0.4 is 11.1 Å². The molecule has 0 unspecified atom stereocenters. The summed E-state index contributed by atoms with van der Waals surface area (Å²) in [5, 5.41) is 4.46. The largest absolute Gasteiger partial charge is 0.383 e. The van der Waals surface area contributed by atoms with Gasteiger partial charge >= 0.3 is 0 Å². The van der Waals surface area contributed by atoms with Crippen LogP contribution in [0.25, 0.3) is 21.9 Å². The molecule has 35 heavy (non-hydrogen) atoms. The molecule has 4 aromatic rings. The maximum absolute atomic E-state index is 13.7. The highest BCUT2D eigenvalue weighted by atomic mass is 79.9. The van der Waals surface area contributed by atoms with Gasteiger partial charge in [0.15, 0.2) is 0 Å². The van der Waals surface area contributed by atoms with E-state index < -0.39 is 6.04 Å². The maximum atomic E-state index is 13.7. The smallest absolute Gasteiger partial charge is 0.248 e. The van der Waals surface area contributed by atoms with Crippen LogP contribution in [-0.2, 0) is 16.1 Å². The number of rotatable bonds is 4. The van der Waals surface area contributed by atoms with E-state index in [1.165, 1.54) is 6.33 Å². The van der Waals surface area contributed by atoms with Crippen molar-refractivity contribution in [2.45, 2.75) is 38.4 Å². The van der Waals surface area contributed by atoms with Gasteiger partial charge in [-0.1, -0.05) is 22.0 Å². The second-order valence-corrected chi connectivity index (χ2v) is 10.8. The lowest BCUT2D eigenvalue weighted by Gasteiger charge is -2.27. The Kier molecular flexibility index (Phi) is 5.29. The third-order valence-corrected chi connectivity index (χ3v) is 8.20. The number of nitrogens with two attached hydrogens (primary N) is 1. The van der Waals surface area contributed by atoms with E-state index in [-0.39, 0.29) is 24.4 Å². The van der Waals surface area contributed by atoms with E-state index in [9.17, 15) is 9.59 Å². The fourth-order valence-electron chi connectivity index (χ4n) is 5.17. The summed E-state index contributed by atoms with van der Waals surface area (Å²) in [4.78, 5) is 41.5. The number of hydrogen-bond acceptors (Lipinski definition) is 6. The zero-order chi connectivity index (χ0) is 24.4. The average molecular weight is 599 g/mol. The summed E-state index contributed by atoms with van der Waals surface area (Å²) >= 11 is 6.91. The highest BCUT2D eigenvalue weighted by molar-refractivity contribution is 9.10. The van der Waals surface area contributed by atoms with Gasteiger partial charge in [0.2, 0.25) is 11.8 Å². The van der Waals surface area contributed by atoms with Gasteiger partial charge in [-0.25, -0.2) is 15.0 Å². The van der Waals surface area contributed by atoms with Crippen LogP contribution >= 0.6 is 31.9 Å². The highest BCUT2D eigenvalue weighted by Gasteiger charge is 2.56. The first kappa shape index (κ1) is 22.4. The van der Waals surface area contributed by atoms with Crippen molar-refractivity contribution in [3.8, 4) is 0 Å². The normalized spacial score (nSPS) is 20.9. The number of pyridine rings is 1. The van der Waals surface area contributed by atoms with E-state index in [0.717, 1.165) is 32.7 Å². The van der Waals surface area contributed by atoms with Gasteiger partial charge in [0.1, 0.15) is 40.8 Å². The SMILES string of the molecule is Cc1cc2c(cc1Br)c1c(N)ncnc1n2CC(=O)N1[C@@H]2C[C@@H]2C[C@H]1C(=O)Nc1cccc(Br)n1. The minimum Gasteiger partial charge on any atom is -0.383 e.